The molecule has 0 fully saturated rings. The second-order valence-corrected chi connectivity index (χ2v) is 4.93. The lowest BCUT2D eigenvalue weighted by molar-refractivity contribution is 0.474. The maximum atomic E-state index is 9.65. The molecule has 3 N–H and O–H groups in total. The first-order valence-corrected chi connectivity index (χ1v) is 6.87. The Morgan fingerprint density at radius 3 is 2.52 bits per heavy atom. The maximum absolute atomic E-state index is 9.65. The summed E-state index contributed by atoms with van der Waals surface area (Å²) in [4.78, 5) is 0. The van der Waals surface area contributed by atoms with E-state index in [1.165, 1.54) is 5.56 Å². The van der Waals surface area contributed by atoms with Crippen molar-refractivity contribution >= 4 is 0 Å². The minimum Gasteiger partial charge on any atom is -0.508 e. The molecule has 4 heteroatoms. The first-order valence-electron chi connectivity index (χ1n) is 6.87. The molecule has 21 heavy (non-hydrogen) atoms. The van der Waals surface area contributed by atoms with E-state index >= 15 is 0 Å². The van der Waals surface area contributed by atoms with Crippen molar-refractivity contribution in [1.29, 1.82) is 0 Å². The van der Waals surface area contributed by atoms with Crippen molar-refractivity contribution in [2.45, 2.75) is 13.0 Å². The summed E-state index contributed by atoms with van der Waals surface area (Å²) in [5, 5.41) is 14.2. The van der Waals surface area contributed by atoms with Crippen molar-refractivity contribution in [3.63, 3.8) is 0 Å². The lowest BCUT2D eigenvalue weighted by Gasteiger charge is -2.08. The summed E-state index contributed by atoms with van der Waals surface area (Å²) in [5.41, 5.74) is 9.64. The third-order valence-electron chi connectivity index (χ3n) is 3.35. The van der Waals surface area contributed by atoms with Crippen LogP contribution in [0.5, 0.6) is 5.75 Å². The van der Waals surface area contributed by atoms with E-state index in [0.717, 1.165) is 23.5 Å². The fourth-order valence-corrected chi connectivity index (χ4v) is 2.35. The Morgan fingerprint density at radius 2 is 1.81 bits per heavy atom. The van der Waals surface area contributed by atoms with Gasteiger partial charge in [-0.15, -0.1) is 0 Å². The molecule has 1 heterocycles. The number of nitrogens with two attached hydrogens (primary N) is 1. The van der Waals surface area contributed by atoms with Crippen LogP contribution in [0.3, 0.4) is 0 Å². The molecule has 3 rings (SSSR count). The lowest BCUT2D eigenvalue weighted by atomic mass is 10.1. The molecule has 0 unspecified atom stereocenters. The number of phenols is 1. The largest absolute Gasteiger partial charge is 0.508 e. The highest BCUT2D eigenvalue weighted by atomic mass is 16.3. The van der Waals surface area contributed by atoms with Gasteiger partial charge in [0.1, 0.15) is 5.75 Å². The van der Waals surface area contributed by atoms with Crippen LogP contribution < -0.4 is 5.73 Å². The van der Waals surface area contributed by atoms with E-state index in [0.29, 0.717) is 6.54 Å². The van der Waals surface area contributed by atoms with E-state index < -0.39 is 0 Å². The summed E-state index contributed by atoms with van der Waals surface area (Å²) >= 11 is 0. The SMILES string of the molecule is NCc1cc(Cc2ccccc2)n(-c2cccc(O)c2)n1. The van der Waals surface area contributed by atoms with Gasteiger partial charge in [0.25, 0.3) is 0 Å². The van der Waals surface area contributed by atoms with Gasteiger partial charge in [0.15, 0.2) is 0 Å². The molecule has 0 bridgehead atoms. The summed E-state index contributed by atoms with van der Waals surface area (Å²) in [5.74, 6) is 0.225. The highest BCUT2D eigenvalue weighted by molar-refractivity contribution is 5.40. The second-order valence-electron chi connectivity index (χ2n) is 4.93. The van der Waals surface area contributed by atoms with Crippen molar-refractivity contribution in [1.82, 2.24) is 9.78 Å². The molecular formula is C17H17N3O. The Morgan fingerprint density at radius 1 is 1.00 bits per heavy atom. The van der Waals surface area contributed by atoms with Gasteiger partial charge in [-0.1, -0.05) is 36.4 Å². The lowest BCUT2D eigenvalue weighted by Crippen LogP contribution is -2.04. The molecule has 0 saturated heterocycles. The first-order chi connectivity index (χ1) is 10.3. The Labute approximate surface area is 123 Å². The number of nitrogens with zero attached hydrogens (tertiary/aromatic N) is 2. The maximum Gasteiger partial charge on any atom is 0.117 e. The van der Waals surface area contributed by atoms with E-state index in [2.05, 4.69) is 17.2 Å². The van der Waals surface area contributed by atoms with Crippen LogP contribution in [0.15, 0.2) is 60.7 Å². The monoisotopic (exact) mass is 279 g/mol. The topological polar surface area (TPSA) is 64.1 Å². The normalized spacial score (nSPS) is 10.7. The van der Waals surface area contributed by atoms with Crippen molar-refractivity contribution < 1.29 is 5.11 Å². The van der Waals surface area contributed by atoms with Crippen LogP contribution in [0, 0.1) is 0 Å². The zero-order valence-electron chi connectivity index (χ0n) is 11.6. The molecule has 0 spiro atoms. The average Bonchev–Trinajstić information content (AvgIpc) is 2.91. The third kappa shape index (κ3) is 2.95. The predicted molar refractivity (Wildman–Crippen MR) is 82.4 cm³/mol. The van der Waals surface area contributed by atoms with E-state index in [4.69, 9.17) is 5.73 Å². The van der Waals surface area contributed by atoms with Crippen molar-refractivity contribution in [2.75, 3.05) is 0 Å². The molecule has 0 saturated carbocycles. The standard InChI is InChI=1S/C17H17N3O/c18-12-14-10-16(9-13-5-2-1-3-6-13)20(19-14)15-7-4-8-17(21)11-15/h1-8,10-11,21H,9,12,18H2. The van der Waals surface area contributed by atoms with Crippen LogP contribution in [-0.4, -0.2) is 14.9 Å². The van der Waals surface area contributed by atoms with E-state index in [9.17, 15) is 5.11 Å². The smallest absolute Gasteiger partial charge is 0.117 e. The summed E-state index contributed by atoms with van der Waals surface area (Å²) in [6.07, 6.45) is 0.767. The van der Waals surface area contributed by atoms with Crippen molar-refractivity contribution in [2.24, 2.45) is 5.73 Å². The summed E-state index contributed by atoms with van der Waals surface area (Å²) in [6, 6.07) is 19.3. The van der Waals surface area contributed by atoms with Crippen LogP contribution in [0.1, 0.15) is 17.0 Å². The highest BCUT2D eigenvalue weighted by Crippen LogP contribution is 2.19. The van der Waals surface area contributed by atoms with E-state index in [1.54, 1.807) is 18.2 Å². The molecular weight excluding hydrogens is 262 g/mol. The molecule has 0 atom stereocenters. The molecule has 106 valence electrons. The molecule has 0 radical (unpaired) electrons. The molecule has 0 aliphatic heterocycles. The fourth-order valence-electron chi connectivity index (χ4n) is 2.35. The van der Waals surface area contributed by atoms with Gasteiger partial charge >= 0.3 is 0 Å². The molecule has 4 nitrogen and oxygen atoms in total. The number of aromatic hydroxyl groups is 1. The number of aromatic nitrogens is 2. The Bertz CT molecular complexity index is 735. The number of rotatable bonds is 4. The Hall–Kier alpha value is -2.59. The molecule has 3 aromatic rings. The van der Waals surface area contributed by atoms with Gasteiger partial charge in [0, 0.05) is 24.7 Å². The number of hydrogen-bond acceptors (Lipinski definition) is 3. The van der Waals surface area contributed by atoms with Crippen LogP contribution in [0.4, 0.5) is 0 Å². The van der Waals surface area contributed by atoms with Gasteiger partial charge in [0.05, 0.1) is 11.4 Å². The summed E-state index contributed by atoms with van der Waals surface area (Å²) in [6.45, 7) is 0.396. The number of benzene rings is 2. The van der Waals surface area contributed by atoms with Gasteiger partial charge in [-0.3, -0.25) is 0 Å². The Balaban J connectivity index is 2.02. The zero-order valence-corrected chi connectivity index (χ0v) is 11.6. The Kier molecular flexibility index (Phi) is 3.71. The fraction of sp³-hybridized carbons (Fsp3) is 0.118. The molecule has 0 aliphatic carbocycles. The van der Waals surface area contributed by atoms with Gasteiger partial charge in [0.2, 0.25) is 0 Å². The zero-order chi connectivity index (χ0) is 14.7. The van der Waals surface area contributed by atoms with Gasteiger partial charge in [-0.05, 0) is 23.8 Å². The predicted octanol–water partition coefficient (Wildman–Crippen LogP) is 2.63. The molecule has 0 aliphatic rings. The second kappa shape index (κ2) is 5.81. The van der Waals surface area contributed by atoms with Crippen LogP contribution in [0.25, 0.3) is 5.69 Å². The van der Waals surface area contributed by atoms with Crippen LogP contribution in [0.2, 0.25) is 0 Å². The average molecular weight is 279 g/mol. The van der Waals surface area contributed by atoms with E-state index in [-0.39, 0.29) is 5.75 Å². The van der Waals surface area contributed by atoms with E-state index in [1.807, 2.05) is 35.0 Å². The quantitative estimate of drug-likeness (QED) is 0.771. The summed E-state index contributed by atoms with van der Waals surface area (Å²) < 4.78 is 1.84. The first kappa shape index (κ1) is 13.4. The molecule has 1 aromatic heterocycles. The minimum atomic E-state index is 0.225. The van der Waals surface area contributed by atoms with Crippen molar-refractivity contribution in [3.05, 3.63) is 77.6 Å². The van der Waals surface area contributed by atoms with Gasteiger partial charge in [-0.25, -0.2) is 4.68 Å². The molecule has 0 amide bonds. The number of phenolic OH excluding ortho intramolecular Hbond substituents is 1. The summed E-state index contributed by atoms with van der Waals surface area (Å²) in [7, 11) is 0. The minimum absolute atomic E-state index is 0.225. The van der Waals surface area contributed by atoms with Crippen molar-refractivity contribution in [3.8, 4) is 11.4 Å². The molecule has 2 aromatic carbocycles. The highest BCUT2D eigenvalue weighted by Gasteiger charge is 2.10. The third-order valence-corrected chi connectivity index (χ3v) is 3.35. The van der Waals surface area contributed by atoms with Gasteiger partial charge in [-0.2, -0.15) is 5.10 Å². The van der Waals surface area contributed by atoms with Crippen LogP contribution >= 0.6 is 0 Å². The number of hydrogen-bond donors (Lipinski definition) is 2. The van der Waals surface area contributed by atoms with Gasteiger partial charge < -0.3 is 10.8 Å². The van der Waals surface area contributed by atoms with Crippen LogP contribution in [-0.2, 0) is 13.0 Å².